The minimum atomic E-state index is 0.194. The molecule has 1 heterocycles. The van der Waals surface area contributed by atoms with Crippen LogP contribution >= 0.6 is 0 Å². The fraction of sp³-hybridized carbons (Fsp3) is 0.615. The predicted molar refractivity (Wildman–Crippen MR) is 71.3 cm³/mol. The average Bonchev–Trinajstić information content (AvgIpc) is 2.27. The minimum Gasteiger partial charge on any atom is -0.380 e. The lowest BCUT2D eigenvalue weighted by Gasteiger charge is -2.26. The molecule has 4 heteroatoms. The monoisotopic (exact) mass is 237 g/mol. The van der Waals surface area contributed by atoms with Gasteiger partial charge in [0.1, 0.15) is 0 Å². The van der Waals surface area contributed by atoms with Gasteiger partial charge in [-0.1, -0.05) is 0 Å². The molecule has 0 radical (unpaired) electrons. The molecule has 96 valence electrons. The van der Waals surface area contributed by atoms with E-state index in [2.05, 4.69) is 29.9 Å². The molecule has 1 aromatic heterocycles. The number of anilines is 1. The standard InChI is InChI=1S/C13H23N3O/c1-9-6-13(12(7-14)11(3)15-9)16(4)8-10(2)17-5/h6,10H,7-8,14H2,1-5H3. The minimum absolute atomic E-state index is 0.194. The third-order valence-electron chi connectivity index (χ3n) is 2.98. The zero-order valence-corrected chi connectivity index (χ0v) is 11.4. The molecule has 0 saturated heterocycles. The van der Waals surface area contributed by atoms with Crippen LogP contribution in [0, 0.1) is 13.8 Å². The van der Waals surface area contributed by atoms with Gasteiger partial charge in [-0.25, -0.2) is 0 Å². The first-order valence-electron chi connectivity index (χ1n) is 5.90. The van der Waals surface area contributed by atoms with Crippen molar-refractivity contribution in [3.8, 4) is 0 Å². The number of likely N-dealkylation sites (N-methyl/N-ethyl adjacent to an activating group) is 1. The van der Waals surface area contributed by atoms with E-state index in [-0.39, 0.29) is 6.10 Å². The Hall–Kier alpha value is -1.13. The molecule has 0 aliphatic rings. The van der Waals surface area contributed by atoms with Crippen LogP contribution in [0.1, 0.15) is 23.9 Å². The molecule has 0 fully saturated rings. The van der Waals surface area contributed by atoms with Gasteiger partial charge in [-0.3, -0.25) is 4.98 Å². The summed E-state index contributed by atoms with van der Waals surface area (Å²) in [5.41, 5.74) is 10.1. The summed E-state index contributed by atoms with van der Waals surface area (Å²) < 4.78 is 5.29. The average molecular weight is 237 g/mol. The third-order valence-corrected chi connectivity index (χ3v) is 2.98. The summed E-state index contributed by atoms with van der Waals surface area (Å²) in [4.78, 5) is 6.63. The number of hydrogen-bond donors (Lipinski definition) is 1. The Balaban J connectivity index is 3.02. The second-order valence-electron chi connectivity index (χ2n) is 4.48. The van der Waals surface area contributed by atoms with E-state index < -0.39 is 0 Å². The van der Waals surface area contributed by atoms with Gasteiger partial charge < -0.3 is 15.4 Å². The van der Waals surface area contributed by atoms with Crippen molar-refractivity contribution in [2.75, 3.05) is 25.6 Å². The van der Waals surface area contributed by atoms with Gasteiger partial charge in [0.15, 0.2) is 0 Å². The van der Waals surface area contributed by atoms with Gasteiger partial charge in [-0.05, 0) is 26.8 Å². The van der Waals surface area contributed by atoms with Gasteiger partial charge >= 0.3 is 0 Å². The molecule has 17 heavy (non-hydrogen) atoms. The molecule has 0 saturated carbocycles. The van der Waals surface area contributed by atoms with Crippen LogP contribution in [0.3, 0.4) is 0 Å². The summed E-state index contributed by atoms with van der Waals surface area (Å²) >= 11 is 0. The van der Waals surface area contributed by atoms with Crippen molar-refractivity contribution >= 4 is 5.69 Å². The summed E-state index contributed by atoms with van der Waals surface area (Å²) in [5.74, 6) is 0. The topological polar surface area (TPSA) is 51.4 Å². The number of methoxy groups -OCH3 is 1. The number of nitrogens with zero attached hydrogens (tertiary/aromatic N) is 2. The lowest BCUT2D eigenvalue weighted by atomic mass is 10.1. The summed E-state index contributed by atoms with van der Waals surface area (Å²) in [6.45, 7) is 7.42. The molecule has 1 aromatic rings. The molecule has 1 rings (SSSR count). The number of pyridine rings is 1. The second-order valence-corrected chi connectivity index (χ2v) is 4.48. The molecule has 0 amide bonds. The summed E-state index contributed by atoms with van der Waals surface area (Å²) in [7, 11) is 3.79. The third kappa shape index (κ3) is 3.41. The van der Waals surface area contributed by atoms with E-state index in [1.165, 1.54) is 0 Å². The van der Waals surface area contributed by atoms with Crippen molar-refractivity contribution in [3.05, 3.63) is 23.0 Å². The Bertz CT molecular complexity index is 379. The van der Waals surface area contributed by atoms with Crippen LogP contribution in [0.4, 0.5) is 5.69 Å². The Morgan fingerprint density at radius 3 is 2.65 bits per heavy atom. The first-order chi connectivity index (χ1) is 7.99. The molecule has 0 aliphatic carbocycles. The highest BCUT2D eigenvalue weighted by Crippen LogP contribution is 2.22. The van der Waals surface area contributed by atoms with Crippen LogP contribution in [0.5, 0.6) is 0 Å². The Labute approximate surface area is 104 Å². The van der Waals surface area contributed by atoms with Gasteiger partial charge in [0.05, 0.1) is 6.10 Å². The highest BCUT2D eigenvalue weighted by atomic mass is 16.5. The molecule has 1 unspecified atom stereocenters. The van der Waals surface area contributed by atoms with E-state index in [1.807, 2.05) is 13.8 Å². The lowest BCUT2D eigenvalue weighted by molar-refractivity contribution is 0.124. The van der Waals surface area contributed by atoms with E-state index in [1.54, 1.807) is 7.11 Å². The number of ether oxygens (including phenoxy) is 1. The Kier molecular flexibility index (Phi) is 4.90. The van der Waals surface area contributed by atoms with Crippen LogP contribution in [0.2, 0.25) is 0 Å². The Morgan fingerprint density at radius 1 is 1.47 bits per heavy atom. The van der Waals surface area contributed by atoms with Crippen molar-refractivity contribution < 1.29 is 4.74 Å². The highest BCUT2D eigenvalue weighted by molar-refractivity contribution is 5.55. The van der Waals surface area contributed by atoms with E-state index in [0.717, 1.165) is 29.2 Å². The fourth-order valence-corrected chi connectivity index (χ4v) is 1.99. The highest BCUT2D eigenvalue weighted by Gasteiger charge is 2.13. The van der Waals surface area contributed by atoms with E-state index in [4.69, 9.17) is 10.5 Å². The lowest BCUT2D eigenvalue weighted by Crippen LogP contribution is -2.29. The second kappa shape index (κ2) is 5.98. The van der Waals surface area contributed by atoms with Crippen LogP contribution in [-0.2, 0) is 11.3 Å². The predicted octanol–water partition coefficient (Wildman–Crippen LogP) is 1.63. The molecule has 0 bridgehead atoms. The maximum Gasteiger partial charge on any atom is 0.0717 e. The summed E-state index contributed by atoms with van der Waals surface area (Å²) in [5, 5.41) is 0. The number of rotatable bonds is 5. The maximum atomic E-state index is 5.80. The molecule has 0 aliphatic heterocycles. The first kappa shape index (κ1) is 13.9. The van der Waals surface area contributed by atoms with Crippen LogP contribution in [0.15, 0.2) is 6.07 Å². The molecular formula is C13H23N3O. The molecular weight excluding hydrogens is 214 g/mol. The van der Waals surface area contributed by atoms with Gasteiger partial charge in [0.2, 0.25) is 0 Å². The molecule has 0 spiro atoms. The molecule has 0 aromatic carbocycles. The number of nitrogens with two attached hydrogens (primary N) is 1. The van der Waals surface area contributed by atoms with Crippen LogP contribution in [0.25, 0.3) is 0 Å². The quantitative estimate of drug-likeness (QED) is 0.845. The van der Waals surface area contributed by atoms with Crippen molar-refractivity contribution in [2.45, 2.75) is 33.4 Å². The summed E-state index contributed by atoms with van der Waals surface area (Å²) in [6, 6.07) is 2.08. The van der Waals surface area contributed by atoms with Gasteiger partial charge in [0, 0.05) is 49.9 Å². The largest absolute Gasteiger partial charge is 0.380 e. The SMILES string of the molecule is COC(C)CN(C)c1cc(C)nc(C)c1CN. The molecule has 1 atom stereocenters. The fourth-order valence-electron chi connectivity index (χ4n) is 1.99. The van der Waals surface area contributed by atoms with E-state index in [0.29, 0.717) is 6.54 Å². The van der Waals surface area contributed by atoms with Crippen LogP contribution in [-0.4, -0.2) is 31.8 Å². The van der Waals surface area contributed by atoms with Gasteiger partial charge in [-0.15, -0.1) is 0 Å². The molecule has 2 N–H and O–H groups in total. The number of aryl methyl sites for hydroxylation is 2. The van der Waals surface area contributed by atoms with E-state index in [9.17, 15) is 0 Å². The van der Waals surface area contributed by atoms with Crippen molar-refractivity contribution in [1.29, 1.82) is 0 Å². The Morgan fingerprint density at radius 2 is 2.12 bits per heavy atom. The smallest absolute Gasteiger partial charge is 0.0717 e. The maximum absolute atomic E-state index is 5.80. The first-order valence-corrected chi connectivity index (χ1v) is 5.90. The van der Waals surface area contributed by atoms with Crippen molar-refractivity contribution in [1.82, 2.24) is 4.98 Å². The van der Waals surface area contributed by atoms with E-state index >= 15 is 0 Å². The van der Waals surface area contributed by atoms with Crippen LogP contribution < -0.4 is 10.6 Å². The van der Waals surface area contributed by atoms with Gasteiger partial charge in [-0.2, -0.15) is 0 Å². The normalized spacial score (nSPS) is 12.6. The number of hydrogen-bond acceptors (Lipinski definition) is 4. The van der Waals surface area contributed by atoms with Gasteiger partial charge in [0.25, 0.3) is 0 Å². The van der Waals surface area contributed by atoms with Crippen molar-refractivity contribution in [2.24, 2.45) is 5.73 Å². The summed E-state index contributed by atoms with van der Waals surface area (Å²) in [6.07, 6.45) is 0.194. The number of aromatic nitrogens is 1. The zero-order chi connectivity index (χ0) is 13.0. The molecule has 4 nitrogen and oxygen atoms in total. The zero-order valence-electron chi connectivity index (χ0n) is 11.4. The van der Waals surface area contributed by atoms with Crippen molar-refractivity contribution in [3.63, 3.8) is 0 Å².